The summed E-state index contributed by atoms with van der Waals surface area (Å²) in [5.41, 5.74) is 2.78. The van der Waals surface area contributed by atoms with E-state index in [0.717, 1.165) is 28.9 Å². The number of methoxy groups -OCH3 is 1. The van der Waals surface area contributed by atoms with Gasteiger partial charge in [0, 0.05) is 0 Å². The first kappa shape index (κ1) is 27.9. The van der Waals surface area contributed by atoms with Crippen LogP contribution in [0, 0.1) is 6.92 Å². The summed E-state index contributed by atoms with van der Waals surface area (Å²) >= 11 is 3.51. The quantitative estimate of drug-likeness (QED) is 0.171. The molecule has 0 unspecified atom stereocenters. The standard InChI is InChI=1S/C30H29BrN2O6/c1-4-5-14-38-23-12-10-22(11-13-23)33-29(35)24(28(34)32-30(33)36)15-21-16-25(31)27(26(17-21)37-3)39-18-20-8-6-19(2)7-9-20/h6-13,15-17H,4-5,14,18H2,1-3H3,(H,32,34,36)/b24-15-. The van der Waals surface area contributed by atoms with Crippen LogP contribution in [0.5, 0.6) is 17.2 Å². The van der Waals surface area contributed by atoms with Crippen LogP contribution in [-0.2, 0) is 16.2 Å². The molecular weight excluding hydrogens is 564 g/mol. The Balaban J connectivity index is 1.57. The third kappa shape index (κ3) is 6.67. The molecule has 0 spiro atoms. The summed E-state index contributed by atoms with van der Waals surface area (Å²) in [6.07, 6.45) is 3.34. The van der Waals surface area contributed by atoms with Crippen molar-refractivity contribution in [1.29, 1.82) is 0 Å². The van der Waals surface area contributed by atoms with E-state index in [9.17, 15) is 14.4 Å². The topological polar surface area (TPSA) is 94.2 Å². The van der Waals surface area contributed by atoms with Crippen molar-refractivity contribution in [1.82, 2.24) is 5.32 Å². The van der Waals surface area contributed by atoms with E-state index in [1.54, 1.807) is 36.4 Å². The number of rotatable bonds is 10. The number of carbonyl (C=O) groups is 3. The number of ether oxygens (including phenoxy) is 3. The number of hydrogen-bond donors (Lipinski definition) is 1. The number of urea groups is 1. The van der Waals surface area contributed by atoms with Crippen LogP contribution in [0.4, 0.5) is 10.5 Å². The van der Waals surface area contributed by atoms with Gasteiger partial charge in [-0.25, -0.2) is 9.69 Å². The Morgan fingerprint density at radius 3 is 2.36 bits per heavy atom. The highest BCUT2D eigenvalue weighted by molar-refractivity contribution is 9.10. The van der Waals surface area contributed by atoms with Gasteiger partial charge in [0.1, 0.15) is 17.9 Å². The van der Waals surface area contributed by atoms with E-state index in [1.807, 2.05) is 31.2 Å². The van der Waals surface area contributed by atoms with Gasteiger partial charge in [-0.05, 0) is 82.9 Å². The van der Waals surface area contributed by atoms with Crippen LogP contribution in [0.3, 0.4) is 0 Å². The molecule has 0 radical (unpaired) electrons. The predicted octanol–water partition coefficient (Wildman–Crippen LogP) is 6.19. The molecule has 0 atom stereocenters. The Bertz CT molecular complexity index is 1400. The number of barbiturate groups is 1. The Morgan fingerprint density at radius 1 is 0.974 bits per heavy atom. The van der Waals surface area contributed by atoms with Crippen molar-refractivity contribution in [2.45, 2.75) is 33.3 Å². The number of imide groups is 2. The number of unbranched alkanes of at least 4 members (excludes halogenated alkanes) is 1. The molecule has 0 saturated carbocycles. The minimum atomic E-state index is -0.819. The van der Waals surface area contributed by atoms with Crippen LogP contribution >= 0.6 is 15.9 Å². The molecule has 3 aromatic carbocycles. The van der Waals surface area contributed by atoms with Gasteiger partial charge >= 0.3 is 6.03 Å². The molecule has 8 nitrogen and oxygen atoms in total. The lowest BCUT2D eigenvalue weighted by molar-refractivity contribution is -0.122. The summed E-state index contributed by atoms with van der Waals surface area (Å²) in [7, 11) is 1.51. The van der Waals surface area contributed by atoms with Gasteiger partial charge in [0.25, 0.3) is 11.8 Å². The lowest BCUT2D eigenvalue weighted by atomic mass is 10.1. The lowest BCUT2D eigenvalue weighted by Gasteiger charge is -2.26. The van der Waals surface area contributed by atoms with Crippen LogP contribution in [0.25, 0.3) is 6.08 Å². The third-order valence-electron chi connectivity index (χ3n) is 6.03. The average molecular weight is 593 g/mol. The van der Waals surface area contributed by atoms with Crippen molar-refractivity contribution in [3.8, 4) is 17.2 Å². The summed E-state index contributed by atoms with van der Waals surface area (Å²) in [5, 5.41) is 2.24. The maximum absolute atomic E-state index is 13.3. The number of amides is 4. The second-order valence-electron chi connectivity index (χ2n) is 8.96. The first-order valence-corrected chi connectivity index (χ1v) is 13.3. The van der Waals surface area contributed by atoms with Crippen molar-refractivity contribution < 1.29 is 28.6 Å². The molecule has 0 aliphatic carbocycles. The monoisotopic (exact) mass is 592 g/mol. The van der Waals surface area contributed by atoms with Crippen molar-refractivity contribution in [2.24, 2.45) is 0 Å². The highest BCUT2D eigenvalue weighted by atomic mass is 79.9. The molecule has 9 heteroatoms. The normalized spacial score (nSPS) is 14.4. The van der Waals surface area contributed by atoms with Crippen LogP contribution in [-0.4, -0.2) is 31.6 Å². The van der Waals surface area contributed by atoms with Crippen LogP contribution < -0.4 is 24.4 Å². The molecule has 3 aromatic rings. The Hall–Kier alpha value is -4.11. The molecule has 202 valence electrons. The van der Waals surface area contributed by atoms with E-state index in [-0.39, 0.29) is 5.57 Å². The first-order chi connectivity index (χ1) is 18.8. The van der Waals surface area contributed by atoms with Crippen molar-refractivity contribution in [3.05, 3.63) is 87.4 Å². The zero-order chi connectivity index (χ0) is 27.9. The van der Waals surface area contributed by atoms with Crippen molar-refractivity contribution in [3.63, 3.8) is 0 Å². The summed E-state index contributed by atoms with van der Waals surface area (Å²) in [6, 6.07) is 17.1. The Morgan fingerprint density at radius 2 is 1.69 bits per heavy atom. The number of nitrogens with zero attached hydrogens (tertiary/aromatic N) is 1. The van der Waals surface area contributed by atoms with Gasteiger partial charge in [-0.15, -0.1) is 0 Å². The summed E-state index contributed by atoms with van der Waals surface area (Å²) < 4.78 is 17.8. The van der Waals surface area contributed by atoms with E-state index in [0.29, 0.717) is 46.2 Å². The fourth-order valence-electron chi connectivity index (χ4n) is 3.89. The van der Waals surface area contributed by atoms with E-state index in [1.165, 1.54) is 13.2 Å². The van der Waals surface area contributed by atoms with E-state index in [2.05, 4.69) is 28.2 Å². The highest BCUT2D eigenvalue weighted by Gasteiger charge is 2.37. The lowest BCUT2D eigenvalue weighted by Crippen LogP contribution is -2.54. The molecule has 1 heterocycles. The Kier molecular flexibility index (Phi) is 9.03. The summed E-state index contributed by atoms with van der Waals surface area (Å²) in [4.78, 5) is 39.5. The zero-order valence-corrected chi connectivity index (χ0v) is 23.5. The smallest absolute Gasteiger partial charge is 0.335 e. The molecule has 0 aromatic heterocycles. The third-order valence-corrected chi connectivity index (χ3v) is 6.62. The largest absolute Gasteiger partial charge is 0.494 e. The fourth-order valence-corrected chi connectivity index (χ4v) is 4.46. The number of carbonyl (C=O) groups excluding carboxylic acids is 3. The minimum absolute atomic E-state index is 0.194. The van der Waals surface area contributed by atoms with E-state index in [4.69, 9.17) is 14.2 Å². The number of nitrogens with one attached hydrogen (secondary N) is 1. The number of hydrogen-bond acceptors (Lipinski definition) is 6. The van der Waals surface area contributed by atoms with E-state index >= 15 is 0 Å². The van der Waals surface area contributed by atoms with Gasteiger partial charge in [-0.3, -0.25) is 14.9 Å². The molecule has 39 heavy (non-hydrogen) atoms. The molecule has 1 saturated heterocycles. The zero-order valence-electron chi connectivity index (χ0n) is 22.0. The highest BCUT2D eigenvalue weighted by Crippen LogP contribution is 2.38. The molecule has 1 aliphatic heterocycles. The predicted molar refractivity (Wildman–Crippen MR) is 152 cm³/mol. The Labute approximate surface area is 235 Å². The first-order valence-electron chi connectivity index (χ1n) is 12.5. The minimum Gasteiger partial charge on any atom is -0.494 e. The molecule has 1 N–H and O–H groups in total. The maximum atomic E-state index is 13.3. The fraction of sp³-hybridized carbons (Fsp3) is 0.233. The molecule has 0 bridgehead atoms. The van der Waals surface area contributed by atoms with Crippen molar-refractivity contribution >= 4 is 45.5 Å². The average Bonchev–Trinajstić information content (AvgIpc) is 2.92. The van der Waals surface area contributed by atoms with Gasteiger partial charge in [0.2, 0.25) is 0 Å². The van der Waals surface area contributed by atoms with Gasteiger partial charge in [0.05, 0.1) is 23.9 Å². The molecule has 1 aliphatic rings. The molecule has 1 fully saturated rings. The van der Waals surface area contributed by atoms with Gasteiger partial charge in [-0.2, -0.15) is 0 Å². The van der Waals surface area contributed by atoms with Gasteiger partial charge < -0.3 is 14.2 Å². The van der Waals surface area contributed by atoms with Gasteiger partial charge in [0.15, 0.2) is 11.5 Å². The summed E-state index contributed by atoms with van der Waals surface area (Å²) in [6.45, 7) is 5.00. The maximum Gasteiger partial charge on any atom is 0.335 e. The second kappa shape index (κ2) is 12.6. The number of anilines is 1. The van der Waals surface area contributed by atoms with Crippen molar-refractivity contribution in [2.75, 3.05) is 18.6 Å². The molecule has 4 rings (SSSR count). The van der Waals surface area contributed by atoms with Gasteiger partial charge in [-0.1, -0.05) is 43.2 Å². The van der Waals surface area contributed by atoms with Crippen LogP contribution in [0.15, 0.2) is 70.7 Å². The SMILES string of the molecule is CCCCOc1ccc(N2C(=O)NC(=O)/C(=C/c3cc(Br)c(OCc4ccc(C)cc4)c(OC)c3)C2=O)cc1. The number of halogens is 1. The second-order valence-corrected chi connectivity index (χ2v) is 9.82. The number of benzene rings is 3. The van der Waals surface area contributed by atoms with Crippen LogP contribution in [0.2, 0.25) is 0 Å². The van der Waals surface area contributed by atoms with E-state index < -0.39 is 17.8 Å². The molecule has 4 amide bonds. The molecular formula is C30H29BrN2O6. The summed E-state index contributed by atoms with van der Waals surface area (Å²) in [5.74, 6) is 0.00980. The van der Waals surface area contributed by atoms with Crippen LogP contribution in [0.1, 0.15) is 36.5 Å². The number of aryl methyl sites for hydroxylation is 1.